The average molecular weight is 312 g/mol. The van der Waals surface area contributed by atoms with E-state index in [1.54, 1.807) is 19.9 Å². The van der Waals surface area contributed by atoms with Crippen molar-refractivity contribution in [3.63, 3.8) is 0 Å². The number of rotatable bonds is 2. The fraction of sp³-hybridized carbons (Fsp3) is 0.333. The third kappa shape index (κ3) is 3.13. The van der Waals surface area contributed by atoms with Crippen LogP contribution in [0.2, 0.25) is 0 Å². The summed E-state index contributed by atoms with van der Waals surface area (Å²) in [5.41, 5.74) is 7.74. The van der Waals surface area contributed by atoms with Crippen molar-refractivity contribution in [3.8, 4) is 0 Å². The summed E-state index contributed by atoms with van der Waals surface area (Å²) in [6, 6.07) is 9.65. The number of carbonyl (C=O) groups excluding carboxylic acids is 2. The molecule has 1 aliphatic carbocycles. The predicted octanol–water partition coefficient (Wildman–Crippen LogP) is 2.78. The van der Waals surface area contributed by atoms with E-state index in [-0.39, 0.29) is 17.7 Å². The number of aryl methyl sites for hydroxylation is 3. The Bertz CT molecular complexity index is 748. The summed E-state index contributed by atoms with van der Waals surface area (Å²) in [5.74, 6) is 0.449. The molecular formula is C18H20N2O3. The van der Waals surface area contributed by atoms with Gasteiger partial charge in [-0.2, -0.15) is 0 Å². The molecule has 2 aromatic rings. The Kier molecular flexibility index (Phi) is 4.19. The topological polar surface area (TPSA) is 71.3 Å². The van der Waals surface area contributed by atoms with E-state index in [1.807, 2.05) is 18.2 Å². The average Bonchev–Trinajstić information content (AvgIpc) is 2.90. The van der Waals surface area contributed by atoms with E-state index in [1.165, 1.54) is 5.56 Å². The number of hydrogen-bond donors (Lipinski definition) is 2. The number of carbonyl (C=O) groups is 2. The van der Waals surface area contributed by atoms with Gasteiger partial charge in [-0.1, -0.05) is 24.3 Å². The van der Waals surface area contributed by atoms with Crippen molar-refractivity contribution in [2.24, 2.45) is 0 Å². The molecule has 5 nitrogen and oxygen atoms in total. The first-order valence-corrected chi connectivity index (χ1v) is 7.81. The van der Waals surface area contributed by atoms with E-state index in [4.69, 9.17) is 4.42 Å². The highest BCUT2D eigenvalue weighted by Crippen LogP contribution is 2.31. The zero-order chi connectivity index (χ0) is 16.4. The SMILES string of the molecule is Cc1cc(C(=O)NNC(=O)C2CCCc3ccccc32)c(C)o1. The van der Waals surface area contributed by atoms with E-state index >= 15 is 0 Å². The molecule has 0 bridgehead atoms. The van der Waals surface area contributed by atoms with Crippen molar-refractivity contribution in [1.29, 1.82) is 0 Å². The lowest BCUT2D eigenvalue weighted by Gasteiger charge is -2.24. The van der Waals surface area contributed by atoms with Crippen LogP contribution in [0.25, 0.3) is 0 Å². The predicted molar refractivity (Wildman–Crippen MR) is 85.9 cm³/mol. The summed E-state index contributed by atoms with van der Waals surface area (Å²) >= 11 is 0. The molecule has 0 saturated carbocycles. The molecular weight excluding hydrogens is 292 g/mol. The van der Waals surface area contributed by atoms with Crippen molar-refractivity contribution >= 4 is 11.8 Å². The molecule has 0 spiro atoms. The first kappa shape index (κ1) is 15.3. The highest BCUT2D eigenvalue weighted by Gasteiger charge is 2.26. The normalized spacial score (nSPS) is 16.5. The van der Waals surface area contributed by atoms with Gasteiger partial charge in [0, 0.05) is 0 Å². The second kappa shape index (κ2) is 6.28. The molecule has 0 saturated heterocycles. The molecule has 1 unspecified atom stereocenters. The monoisotopic (exact) mass is 312 g/mol. The molecule has 1 heterocycles. The summed E-state index contributed by atoms with van der Waals surface area (Å²) < 4.78 is 5.33. The third-order valence-corrected chi connectivity index (χ3v) is 4.27. The summed E-state index contributed by atoms with van der Waals surface area (Å²) in [7, 11) is 0. The van der Waals surface area contributed by atoms with Crippen LogP contribution in [-0.4, -0.2) is 11.8 Å². The van der Waals surface area contributed by atoms with Gasteiger partial charge in [-0.15, -0.1) is 0 Å². The molecule has 1 aliphatic rings. The Morgan fingerprint density at radius 3 is 2.70 bits per heavy atom. The van der Waals surface area contributed by atoms with Crippen molar-refractivity contribution in [2.45, 2.75) is 39.0 Å². The molecule has 1 aromatic carbocycles. The van der Waals surface area contributed by atoms with Crippen molar-refractivity contribution in [3.05, 3.63) is 58.5 Å². The van der Waals surface area contributed by atoms with Crippen molar-refractivity contribution in [1.82, 2.24) is 10.9 Å². The zero-order valence-electron chi connectivity index (χ0n) is 13.3. The largest absolute Gasteiger partial charge is 0.466 e. The van der Waals surface area contributed by atoms with Crippen molar-refractivity contribution in [2.75, 3.05) is 0 Å². The molecule has 23 heavy (non-hydrogen) atoms. The molecule has 0 fully saturated rings. The van der Waals surface area contributed by atoms with Gasteiger partial charge in [-0.05, 0) is 50.3 Å². The van der Waals surface area contributed by atoms with E-state index < -0.39 is 0 Å². The van der Waals surface area contributed by atoms with Gasteiger partial charge in [-0.3, -0.25) is 20.4 Å². The quantitative estimate of drug-likeness (QED) is 0.838. The lowest BCUT2D eigenvalue weighted by molar-refractivity contribution is -0.123. The van der Waals surface area contributed by atoms with Gasteiger partial charge < -0.3 is 4.42 Å². The van der Waals surface area contributed by atoms with Gasteiger partial charge in [0.05, 0.1) is 11.5 Å². The Balaban J connectivity index is 1.66. The first-order valence-electron chi connectivity index (χ1n) is 7.81. The Hall–Kier alpha value is -2.56. The summed E-state index contributed by atoms with van der Waals surface area (Å²) in [6.07, 6.45) is 2.77. The molecule has 120 valence electrons. The lowest BCUT2D eigenvalue weighted by atomic mass is 9.82. The third-order valence-electron chi connectivity index (χ3n) is 4.27. The van der Waals surface area contributed by atoms with Gasteiger partial charge in [0.2, 0.25) is 5.91 Å². The zero-order valence-corrected chi connectivity index (χ0v) is 13.3. The molecule has 5 heteroatoms. The van der Waals surface area contributed by atoms with Crippen LogP contribution < -0.4 is 10.9 Å². The molecule has 0 aliphatic heterocycles. The number of furan rings is 1. The number of nitrogens with one attached hydrogen (secondary N) is 2. The van der Waals surface area contributed by atoms with E-state index in [9.17, 15) is 9.59 Å². The molecule has 1 aromatic heterocycles. The Morgan fingerprint density at radius 1 is 1.17 bits per heavy atom. The van der Waals surface area contributed by atoms with Crippen LogP contribution in [0.4, 0.5) is 0 Å². The van der Waals surface area contributed by atoms with Crippen LogP contribution >= 0.6 is 0 Å². The minimum absolute atomic E-state index is 0.177. The van der Waals surface area contributed by atoms with Gasteiger partial charge in [0.1, 0.15) is 11.5 Å². The number of hydrogen-bond acceptors (Lipinski definition) is 3. The van der Waals surface area contributed by atoms with E-state index in [0.29, 0.717) is 17.1 Å². The maximum absolute atomic E-state index is 12.4. The first-order chi connectivity index (χ1) is 11.1. The minimum atomic E-state index is -0.364. The standard InChI is InChI=1S/C18H20N2O3/c1-11-10-16(12(2)23-11)18(22)20-19-17(21)15-9-5-7-13-6-3-4-8-14(13)15/h3-4,6,8,10,15H,5,7,9H2,1-2H3,(H,19,21)(H,20,22). The van der Waals surface area contributed by atoms with Crippen molar-refractivity contribution < 1.29 is 14.0 Å². The number of hydrazine groups is 1. The number of amides is 2. The summed E-state index contributed by atoms with van der Waals surface area (Å²) in [4.78, 5) is 24.6. The second-order valence-electron chi connectivity index (χ2n) is 5.91. The van der Waals surface area contributed by atoms with E-state index in [0.717, 1.165) is 24.8 Å². The maximum atomic E-state index is 12.4. The summed E-state index contributed by atoms with van der Waals surface area (Å²) in [5, 5.41) is 0. The lowest BCUT2D eigenvalue weighted by Crippen LogP contribution is -2.44. The highest BCUT2D eigenvalue weighted by molar-refractivity contribution is 5.97. The molecule has 1 atom stereocenters. The van der Waals surface area contributed by atoms with Crippen LogP contribution in [0, 0.1) is 13.8 Å². The highest BCUT2D eigenvalue weighted by atomic mass is 16.3. The maximum Gasteiger partial charge on any atom is 0.273 e. The van der Waals surface area contributed by atoms with Crippen LogP contribution in [0.3, 0.4) is 0 Å². The number of benzene rings is 1. The van der Waals surface area contributed by atoms with Crippen LogP contribution in [0.1, 0.15) is 51.8 Å². The summed E-state index contributed by atoms with van der Waals surface area (Å²) in [6.45, 7) is 3.50. The van der Waals surface area contributed by atoms with Gasteiger partial charge >= 0.3 is 0 Å². The van der Waals surface area contributed by atoms with Gasteiger partial charge in [-0.25, -0.2) is 0 Å². The fourth-order valence-corrected chi connectivity index (χ4v) is 3.16. The second-order valence-corrected chi connectivity index (χ2v) is 5.91. The Morgan fingerprint density at radius 2 is 1.96 bits per heavy atom. The molecule has 2 amide bonds. The molecule has 3 rings (SSSR count). The van der Waals surface area contributed by atoms with Crippen LogP contribution in [-0.2, 0) is 11.2 Å². The van der Waals surface area contributed by atoms with E-state index in [2.05, 4.69) is 16.9 Å². The molecule has 2 N–H and O–H groups in total. The fourth-order valence-electron chi connectivity index (χ4n) is 3.16. The smallest absolute Gasteiger partial charge is 0.273 e. The van der Waals surface area contributed by atoms with Crippen LogP contribution in [0.15, 0.2) is 34.7 Å². The number of fused-ring (bicyclic) bond motifs is 1. The Labute approximate surface area is 135 Å². The van der Waals surface area contributed by atoms with Crippen LogP contribution in [0.5, 0.6) is 0 Å². The van der Waals surface area contributed by atoms with Gasteiger partial charge in [0.15, 0.2) is 0 Å². The minimum Gasteiger partial charge on any atom is -0.466 e. The van der Waals surface area contributed by atoms with Gasteiger partial charge in [0.25, 0.3) is 5.91 Å². The molecule has 0 radical (unpaired) electrons.